The number of ether oxygens (including phenoxy) is 4. The summed E-state index contributed by atoms with van der Waals surface area (Å²) in [6, 6.07) is 11.4. The van der Waals surface area contributed by atoms with Gasteiger partial charge in [-0.25, -0.2) is 0 Å². The summed E-state index contributed by atoms with van der Waals surface area (Å²) >= 11 is 0. The molecule has 2 heterocycles. The Morgan fingerprint density at radius 3 is 2.36 bits per heavy atom. The number of aliphatic hydroxyl groups excluding tert-OH is 1. The summed E-state index contributed by atoms with van der Waals surface area (Å²) in [5.41, 5.74) is 1.15. The third-order valence-corrected chi connectivity index (χ3v) is 7.13. The number of hydrogen-bond acceptors (Lipinski definition) is 8. The van der Waals surface area contributed by atoms with E-state index in [-0.39, 0.29) is 11.3 Å². The Bertz CT molecular complexity index is 1170. The second-order valence-corrected chi connectivity index (χ2v) is 9.64. The second-order valence-electron chi connectivity index (χ2n) is 9.64. The summed E-state index contributed by atoms with van der Waals surface area (Å²) in [7, 11) is 3.08. The largest absolute Gasteiger partial charge is 0.507 e. The van der Waals surface area contributed by atoms with Crippen LogP contribution >= 0.6 is 0 Å². The molecule has 2 saturated heterocycles. The van der Waals surface area contributed by atoms with Crippen molar-refractivity contribution in [3.63, 3.8) is 0 Å². The van der Waals surface area contributed by atoms with Crippen LogP contribution in [0.4, 0.5) is 0 Å². The molecule has 0 bridgehead atoms. The van der Waals surface area contributed by atoms with E-state index in [4.69, 9.17) is 18.9 Å². The van der Waals surface area contributed by atoms with E-state index in [1.54, 1.807) is 54.5 Å². The van der Waals surface area contributed by atoms with E-state index < -0.39 is 17.7 Å². The zero-order valence-electron chi connectivity index (χ0n) is 23.0. The molecule has 39 heavy (non-hydrogen) atoms. The summed E-state index contributed by atoms with van der Waals surface area (Å²) in [6.45, 7) is 6.92. The van der Waals surface area contributed by atoms with Crippen LogP contribution < -0.4 is 14.2 Å². The van der Waals surface area contributed by atoms with Crippen LogP contribution in [0.1, 0.15) is 43.4 Å². The number of nitrogens with zero attached hydrogens (tertiary/aromatic N) is 2. The predicted octanol–water partition coefficient (Wildman–Crippen LogP) is 4.03. The molecular formula is C30H38N2O7. The second kappa shape index (κ2) is 13.5. The fourth-order valence-corrected chi connectivity index (χ4v) is 4.97. The molecule has 2 aromatic rings. The number of carbonyl (C=O) groups excluding carboxylic acids is 2. The van der Waals surface area contributed by atoms with Gasteiger partial charge in [-0.05, 0) is 54.8 Å². The number of likely N-dealkylation sites (tertiary alicyclic amines) is 1. The SMILES string of the molecule is CCCCOc1ccc(/C(O)=C2\C(=O)C(=O)N(CCCN3CCOCC3)C2c2ccc(OC)c(OC)c2)cc1. The van der Waals surface area contributed by atoms with Gasteiger partial charge in [-0.2, -0.15) is 0 Å². The Kier molecular flexibility index (Phi) is 9.84. The molecule has 1 unspecified atom stereocenters. The van der Waals surface area contributed by atoms with Crippen molar-refractivity contribution in [3.8, 4) is 17.2 Å². The average Bonchev–Trinajstić information content (AvgIpc) is 3.22. The van der Waals surface area contributed by atoms with Gasteiger partial charge in [0, 0.05) is 31.7 Å². The molecule has 0 aromatic heterocycles. The third-order valence-electron chi connectivity index (χ3n) is 7.13. The van der Waals surface area contributed by atoms with E-state index in [0.29, 0.717) is 61.2 Å². The lowest BCUT2D eigenvalue weighted by molar-refractivity contribution is -0.140. The highest BCUT2D eigenvalue weighted by atomic mass is 16.5. The van der Waals surface area contributed by atoms with Crippen LogP contribution in [0, 0.1) is 0 Å². The van der Waals surface area contributed by atoms with Gasteiger partial charge in [-0.3, -0.25) is 14.5 Å². The van der Waals surface area contributed by atoms with Crippen LogP contribution in [-0.2, 0) is 14.3 Å². The van der Waals surface area contributed by atoms with Crippen molar-refractivity contribution in [2.75, 3.05) is 60.2 Å². The minimum absolute atomic E-state index is 0.0539. The number of benzene rings is 2. The summed E-state index contributed by atoms with van der Waals surface area (Å²) in [5, 5.41) is 11.4. The van der Waals surface area contributed by atoms with Crippen LogP contribution in [0.2, 0.25) is 0 Å². The number of rotatable bonds is 12. The minimum atomic E-state index is -0.769. The highest BCUT2D eigenvalue weighted by molar-refractivity contribution is 6.46. The van der Waals surface area contributed by atoms with Crippen LogP contribution in [0.5, 0.6) is 17.2 Å². The number of aliphatic hydroxyl groups is 1. The molecule has 2 aromatic carbocycles. The lowest BCUT2D eigenvalue weighted by atomic mass is 9.95. The van der Waals surface area contributed by atoms with Crippen molar-refractivity contribution in [1.29, 1.82) is 0 Å². The number of methoxy groups -OCH3 is 2. The lowest BCUT2D eigenvalue weighted by Crippen LogP contribution is -2.38. The van der Waals surface area contributed by atoms with Gasteiger partial charge in [0.15, 0.2) is 11.5 Å². The molecular weight excluding hydrogens is 500 g/mol. The highest BCUT2D eigenvalue weighted by Crippen LogP contribution is 2.42. The first-order valence-corrected chi connectivity index (χ1v) is 13.5. The molecule has 9 nitrogen and oxygen atoms in total. The van der Waals surface area contributed by atoms with Gasteiger partial charge in [0.05, 0.1) is 45.7 Å². The number of Topliss-reactive ketones (excluding diaryl/α,β-unsaturated/α-hetero) is 1. The van der Waals surface area contributed by atoms with Gasteiger partial charge < -0.3 is 29.0 Å². The minimum Gasteiger partial charge on any atom is -0.507 e. The first-order valence-electron chi connectivity index (χ1n) is 13.5. The number of hydrogen-bond donors (Lipinski definition) is 1. The Balaban J connectivity index is 1.67. The van der Waals surface area contributed by atoms with Gasteiger partial charge in [0.2, 0.25) is 0 Å². The summed E-state index contributed by atoms with van der Waals surface area (Å²) in [4.78, 5) is 30.5. The molecule has 0 spiro atoms. The van der Waals surface area contributed by atoms with Crippen LogP contribution in [-0.4, -0.2) is 86.8 Å². The molecule has 0 radical (unpaired) electrons. The average molecular weight is 539 g/mol. The first-order chi connectivity index (χ1) is 19.0. The highest BCUT2D eigenvalue weighted by Gasteiger charge is 2.46. The molecule has 4 rings (SSSR count). The molecule has 1 N–H and O–H groups in total. The third kappa shape index (κ3) is 6.54. The number of carbonyl (C=O) groups is 2. The zero-order chi connectivity index (χ0) is 27.8. The standard InChI is InChI=1S/C30H38N2O7/c1-4-5-17-39-23-10-7-21(8-11-23)28(33)26-27(22-9-12-24(36-2)25(20-22)37-3)32(30(35)29(26)34)14-6-13-31-15-18-38-19-16-31/h7-12,20,27,33H,4-6,13-19H2,1-3H3/b28-26+. The molecule has 0 aliphatic carbocycles. The number of ketones is 1. The van der Waals surface area contributed by atoms with Crippen molar-refractivity contribution in [2.45, 2.75) is 32.2 Å². The first kappa shape index (κ1) is 28.4. The summed E-state index contributed by atoms with van der Waals surface area (Å²) in [5.74, 6) is 0.135. The van der Waals surface area contributed by atoms with Gasteiger partial charge in [0.1, 0.15) is 11.5 Å². The van der Waals surface area contributed by atoms with Gasteiger partial charge in [-0.1, -0.05) is 19.4 Å². The van der Waals surface area contributed by atoms with Crippen LogP contribution in [0.25, 0.3) is 5.76 Å². The van der Waals surface area contributed by atoms with Crippen LogP contribution in [0.3, 0.4) is 0 Å². The van der Waals surface area contributed by atoms with Crippen molar-refractivity contribution in [3.05, 3.63) is 59.2 Å². The van der Waals surface area contributed by atoms with Crippen molar-refractivity contribution in [2.24, 2.45) is 0 Å². The molecule has 2 aliphatic rings. The fraction of sp³-hybridized carbons (Fsp3) is 0.467. The van der Waals surface area contributed by atoms with E-state index in [1.165, 1.54) is 7.11 Å². The van der Waals surface area contributed by atoms with Gasteiger partial charge in [-0.15, -0.1) is 0 Å². The maximum Gasteiger partial charge on any atom is 0.295 e. The summed E-state index contributed by atoms with van der Waals surface area (Å²) < 4.78 is 22.0. The maximum atomic E-state index is 13.4. The Morgan fingerprint density at radius 1 is 0.974 bits per heavy atom. The smallest absolute Gasteiger partial charge is 0.295 e. The van der Waals surface area contributed by atoms with Crippen molar-refractivity contribution in [1.82, 2.24) is 9.80 Å². The van der Waals surface area contributed by atoms with E-state index in [9.17, 15) is 14.7 Å². The van der Waals surface area contributed by atoms with E-state index >= 15 is 0 Å². The fourth-order valence-electron chi connectivity index (χ4n) is 4.97. The van der Waals surface area contributed by atoms with E-state index in [2.05, 4.69) is 11.8 Å². The monoisotopic (exact) mass is 538 g/mol. The predicted molar refractivity (Wildman–Crippen MR) is 147 cm³/mol. The molecule has 0 saturated carbocycles. The molecule has 210 valence electrons. The Hall–Kier alpha value is -3.56. The van der Waals surface area contributed by atoms with Gasteiger partial charge >= 0.3 is 0 Å². The molecule has 1 atom stereocenters. The van der Waals surface area contributed by atoms with Gasteiger partial charge in [0.25, 0.3) is 11.7 Å². The van der Waals surface area contributed by atoms with Crippen molar-refractivity contribution < 1.29 is 33.6 Å². The van der Waals surface area contributed by atoms with Crippen LogP contribution in [0.15, 0.2) is 48.0 Å². The number of unbranched alkanes of at least 4 members (excludes halogenated alkanes) is 1. The van der Waals surface area contributed by atoms with E-state index in [0.717, 1.165) is 32.5 Å². The van der Waals surface area contributed by atoms with E-state index in [1.807, 2.05) is 0 Å². The lowest BCUT2D eigenvalue weighted by Gasteiger charge is -2.29. The topological polar surface area (TPSA) is 97.8 Å². The van der Waals surface area contributed by atoms with Crippen molar-refractivity contribution >= 4 is 17.4 Å². The quantitative estimate of drug-likeness (QED) is 0.187. The maximum absolute atomic E-state index is 13.4. The molecule has 1 amide bonds. The zero-order valence-corrected chi connectivity index (χ0v) is 23.0. The Morgan fingerprint density at radius 2 is 1.69 bits per heavy atom. The Labute approximate surface area is 229 Å². The molecule has 2 fully saturated rings. The normalized spacial score (nSPS) is 19.4. The number of morpholine rings is 1. The summed E-state index contributed by atoms with van der Waals surface area (Å²) in [6.07, 6.45) is 2.66. The molecule has 9 heteroatoms. The number of amides is 1. The molecule has 2 aliphatic heterocycles.